The van der Waals surface area contributed by atoms with E-state index in [9.17, 15) is 18.0 Å². The van der Waals surface area contributed by atoms with Gasteiger partial charge in [0.1, 0.15) is 6.42 Å². The molecular weight excluding hydrogens is 379 g/mol. The standard InChI is InChI=1S/C22H24F3N3O/c23-22(24,25)12-21(29)27-14-18-8-4-5-9-20(18)28-11-10-26(15-19(28)16-27)13-17-6-2-1-3-7-17/h1-9,19H,10-16H2. The molecule has 1 unspecified atom stereocenters. The number of carbonyl (C=O) groups excluding carboxylic acids is 1. The molecule has 0 saturated carbocycles. The first-order valence-electron chi connectivity index (χ1n) is 9.84. The van der Waals surface area contributed by atoms with Crippen molar-refractivity contribution in [2.45, 2.75) is 31.7 Å². The van der Waals surface area contributed by atoms with Crippen LogP contribution in [0.3, 0.4) is 0 Å². The topological polar surface area (TPSA) is 26.8 Å². The van der Waals surface area contributed by atoms with E-state index in [2.05, 4.69) is 21.9 Å². The molecule has 1 saturated heterocycles. The molecule has 2 heterocycles. The monoisotopic (exact) mass is 403 g/mol. The van der Waals surface area contributed by atoms with Gasteiger partial charge in [-0.2, -0.15) is 13.2 Å². The molecule has 0 bridgehead atoms. The summed E-state index contributed by atoms with van der Waals surface area (Å²) in [4.78, 5) is 18.4. The number of alkyl halides is 3. The highest BCUT2D eigenvalue weighted by Crippen LogP contribution is 2.31. The Morgan fingerprint density at radius 2 is 1.69 bits per heavy atom. The molecule has 7 heteroatoms. The Labute approximate surface area is 168 Å². The molecule has 4 rings (SSSR count). The average Bonchev–Trinajstić information content (AvgIpc) is 2.84. The number of carbonyl (C=O) groups is 1. The number of hydrogen-bond donors (Lipinski definition) is 0. The molecule has 29 heavy (non-hydrogen) atoms. The highest BCUT2D eigenvalue weighted by molar-refractivity contribution is 5.77. The number of halogens is 3. The predicted molar refractivity (Wildman–Crippen MR) is 105 cm³/mol. The second-order valence-electron chi connectivity index (χ2n) is 7.76. The minimum absolute atomic E-state index is 0.0340. The molecule has 2 aromatic carbocycles. The van der Waals surface area contributed by atoms with E-state index in [4.69, 9.17) is 0 Å². The minimum atomic E-state index is -4.49. The molecule has 1 fully saturated rings. The largest absolute Gasteiger partial charge is 0.397 e. The summed E-state index contributed by atoms with van der Waals surface area (Å²) >= 11 is 0. The summed E-state index contributed by atoms with van der Waals surface area (Å²) in [6.07, 6.45) is -5.90. The lowest BCUT2D eigenvalue weighted by atomic mass is 10.1. The van der Waals surface area contributed by atoms with E-state index in [0.717, 1.165) is 30.9 Å². The van der Waals surface area contributed by atoms with Crippen LogP contribution in [0.25, 0.3) is 0 Å². The molecule has 0 spiro atoms. The van der Waals surface area contributed by atoms with Gasteiger partial charge in [-0.25, -0.2) is 0 Å². The van der Waals surface area contributed by atoms with Crippen molar-refractivity contribution in [2.75, 3.05) is 31.1 Å². The summed E-state index contributed by atoms with van der Waals surface area (Å²) in [5, 5.41) is 0. The van der Waals surface area contributed by atoms with Gasteiger partial charge in [0.05, 0.1) is 6.04 Å². The Balaban J connectivity index is 1.56. The number of para-hydroxylation sites is 1. The predicted octanol–water partition coefficient (Wildman–Crippen LogP) is 3.67. The fourth-order valence-corrected chi connectivity index (χ4v) is 4.30. The van der Waals surface area contributed by atoms with Gasteiger partial charge in [-0.3, -0.25) is 9.69 Å². The van der Waals surface area contributed by atoms with Crippen LogP contribution < -0.4 is 4.90 Å². The molecule has 1 atom stereocenters. The van der Waals surface area contributed by atoms with E-state index in [0.29, 0.717) is 13.1 Å². The maximum absolute atomic E-state index is 12.8. The van der Waals surface area contributed by atoms with Crippen LogP contribution in [-0.4, -0.2) is 54.1 Å². The third-order valence-electron chi connectivity index (χ3n) is 5.61. The lowest BCUT2D eigenvalue weighted by Gasteiger charge is -2.43. The fourth-order valence-electron chi connectivity index (χ4n) is 4.30. The molecule has 2 aliphatic rings. The summed E-state index contributed by atoms with van der Waals surface area (Å²) in [6, 6.07) is 17.8. The average molecular weight is 403 g/mol. The molecule has 1 amide bonds. The number of rotatable bonds is 3. The molecule has 0 aliphatic carbocycles. The second kappa shape index (κ2) is 8.06. The highest BCUT2D eigenvalue weighted by Gasteiger charge is 2.38. The number of piperazine rings is 1. The molecule has 2 aliphatic heterocycles. The first kappa shape index (κ1) is 19.8. The number of anilines is 1. The number of benzene rings is 2. The van der Waals surface area contributed by atoms with E-state index < -0.39 is 18.5 Å². The van der Waals surface area contributed by atoms with Crippen molar-refractivity contribution in [3.63, 3.8) is 0 Å². The van der Waals surface area contributed by atoms with Crippen molar-refractivity contribution >= 4 is 11.6 Å². The highest BCUT2D eigenvalue weighted by atomic mass is 19.4. The normalized spacial score (nSPS) is 20.0. The molecule has 0 aromatic heterocycles. The number of fused-ring (bicyclic) bond motifs is 3. The number of nitrogens with zero attached hydrogens (tertiary/aromatic N) is 3. The number of amides is 1. The van der Waals surface area contributed by atoms with E-state index in [1.165, 1.54) is 10.5 Å². The molecule has 0 N–H and O–H groups in total. The smallest absolute Gasteiger partial charge is 0.364 e. The van der Waals surface area contributed by atoms with Crippen LogP contribution in [0.15, 0.2) is 54.6 Å². The zero-order valence-electron chi connectivity index (χ0n) is 16.1. The maximum atomic E-state index is 12.8. The van der Waals surface area contributed by atoms with Crippen LogP contribution in [-0.2, 0) is 17.9 Å². The number of hydrogen-bond acceptors (Lipinski definition) is 3. The summed E-state index contributed by atoms with van der Waals surface area (Å²) in [7, 11) is 0. The first-order chi connectivity index (χ1) is 13.9. The van der Waals surface area contributed by atoms with Crippen LogP contribution in [0.5, 0.6) is 0 Å². The van der Waals surface area contributed by atoms with Gasteiger partial charge < -0.3 is 9.80 Å². The van der Waals surface area contributed by atoms with Crippen molar-refractivity contribution in [3.8, 4) is 0 Å². The summed E-state index contributed by atoms with van der Waals surface area (Å²) < 4.78 is 38.5. The zero-order chi connectivity index (χ0) is 20.4. The van der Waals surface area contributed by atoms with Gasteiger partial charge in [0, 0.05) is 45.0 Å². The maximum Gasteiger partial charge on any atom is 0.397 e. The van der Waals surface area contributed by atoms with Gasteiger partial charge in [0.25, 0.3) is 0 Å². The summed E-state index contributed by atoms with van der Waals surface area (Å²) in [5.74, 6) is -0.852. The van der Waals surface area contributed by atoms with Crippen LogP contribution in [0.4, 0.5) is 18.9 Å². The third kappa shape index (κ3) is 4.72. The Kier molecular flexibility index (Phi) is 5.50. The first-order valence-corrected chi connectivity index (χ1v) is 9.84. The molecule has 154 valence electrons. The van der Waals surface area contributed by atoms with Gasteiger partial charge in [-0.15, -0.1) is 0 Å². The van der Waals surface area contributed by atoms with E-state index in [1.807, 2.05) is 42.5 Å². The van der Waals surface area contributed by atoms with E-state index >= 15 is 0 Å². The molecule has 0 radical (unpaired) electrons. The van der Waals surface area contributed by atoms with Crippen molar-refractivity contribution in [3.05, 3.63) is 65.7 Å². The summed E-state index contributed by atoms with van der Waals surface area (Å²) in [6.45, 7) is 3.68. The Hall–Kier alpha value is -2.54. The Morgan fingerprint density at radius 3 is 2.45 bits per heavy atom. The molecular formula is C22H24F3N3O. The fraction of sp³-hybridized carbons (Fsp3) is 0.409. The van der Waals surface area contributed by atoms with E-state index in [1.54, 1.807) is 0 Å². The quantitative estimate of drug-likeness (QED) is 0.783. The Bertz CT molecular complexity index is 856. The zero-order valence-corrected chi connectivity index (χ0v) is 16.1. The lowest BCUT2D eigenvalue weighted by molar-refractivity contribution is -0.162. The third-order valence-corrected chi connectivity index (χ3v) is 5.61. The summed E-state index contributed by atoms with van der Waals surface area (Å²) in [5.41, 5.74) is 3.14. The van der Waals surface area contributed by atoms with Crippen LogP contribution >= 0.6 is 0 Å². The van der Waals surface area contributed by atoms with Crippen LogP contribution in [0.1, 0.15) is 17.5 Å². The Morgan fingerprint density at radius 1 is 0.966 bits per heavy atom. The van der Waals surface area contributed by atoms with Crippen molar-refractivity contribution < 1.29 is 18.0 Å². The second-order valence-corrected chi connectivity index (χ2v) is 7.76. The van der Waals surface area contributed by atoms with Gasteiger partial charge >= 0.3 is 6.18 Å². The minimum Gasteiger partial charge on any atom is -0.364 e. The van der Waals surface area contributed by atoms with Gasteiger partial charge in [0.2, 0.25) is 5.91 Å². The van der Waals surface area contributed by atoms with Crippen molar-refractivity contribution in [1.82, 2.24) is 9.80 Å². The SMILES string of the molecule is O=C(CC(F)(F)F)N1Cc2ccccc2N2CCN(Cc3ccccc3)CC2C1. The van der Waals surface area contributed by atoms with Gasteiger partial charge in [-0.1, -0.05) is 48.5 Å². The lowest BCUT2D eigenvalue weighted by Crippen LogP contribution is -2.56. The van der Waals surface area contributed by atoms with Crippen molar-refractivity contribution in [2.24, 2.45) is 0 Å². The van der Waals surface area contributed by atoms with Crippen LogP contribution in [0, 0.1) is 0 Å². The van der Waals surface area contributed by atoms with Gasteiger partial charge in [0.15, 0.2) is 0 Å². The molecule has 2 aromatic rings. The van der Waals surface area contributed by atoms with E-state index in [-0.39, 0.29) is 12.6 Å². The van der Waals surface area contributed by atoms with Crippen LogP contribution in [0.2, 0.25) is 0 Å². The van der Waals surface area contributed by atoms with Gasteiger partial charge in [-0.05, 0) is 17.2 Å². The van der Waals surface area contributed by atoms with Crippen molar-refractivity contribution in [1.29, 1.82) is 0 Å². The molecule has 4 nitrogen and oxygen atoms in total.